The number of carbonyl (C=O) groups excluding carboxylic acids is 1. The molecule has 2 aromatic carbocycles. The average molecular weight is 397 g/mol. The number of nitro benzene ring substituents is 1. The number of nitrogens with zero attached hydrogens (tertiary/aromatic N) is 5. The Bertz CT molecular complexity index is 1140. The summed E-state index contributed by atoms with van der Waals surface area (Å²) in [4.78, 5) is 23.3. The first-order valence-electron chi connectivity index (χ1n) is 7.80. The number of hydrogen-bond acceptors (Lipinski definition) is 8. The second-order valence-corrected chi connectivity index (χ2v) is 7.65. The van der Waals surface area contributed by atoms with Crippen molar-refractivity contribution in [3.8, 4) is 11.4 Å². The lowest BCUT2D eigenvalue weighted by atomic mass is 10.1. The van der Waals surface area contributed by atoms with Gasteiger partial charge in [0, 0.05) is 23.3 Å². The predicted molar refractivity (Wildman–Crippen MR) is 102 cm³/mol. The summed E-state index contributed by atoms with van der Waals surface area (Å²) in [5, 5.41) is 23.6. The molecule has 8 nitrogen and oxygen atoms in total. The molecule has 10 heteroatoms. The fraction of sp³-hybridized carbons (Fsp3) is 0.0588. The molecule has 0 radical (unpaired) electrons. The Balaban J connectivity index is 1.51. The number of rotatable bonds is 6. The van der Waals surface area contributed by atoms with E-state index in [9.17, 15) is 14.9 Å². The number of fused-ring (bicyclic) bond motifs is 1. The number of thioether (sulfide) groups is 1. The summed E-state index contributed by atoms with van der Waals surface area (Å²) in [5.74, 6) is 0.572. The van der Waals surface area contributed by atoms with Crippen molar-refractivity contribution < 1.29 is 9.72 Å². The molecule has 0 aliphatic carbocycles. The van der Waals surface area contributed by atoms with E-state index in [0.29, 0.717) is 20.7 Å². The van der Waals surface area contributed by atoms with Gasteiger partial charge in [0.05, 0.1) is 10.7 Å². The molecule has 0 saturated carbocycles. The van der Waals surface area contributed by atoms with Gasteiger partial charge in [-0.3, -0.25) is 14.9 Å². The number of benzene rings is 2. The number of non-ortho nitro benzene ring substituents is 1. The molecule has 2 heterocycles. The second kappa shape index (κ2) is 7.25. The Morgan fingerprint density at radius 1 is 1.15 bits per heavy atom. The monoisotopic (exact) mass is 397 g/mol. The number of Topliss-reactive ketones (excluding diaryl/α,β-unsaturated/α-hetero) is 1. The number of carbonyl (C=O) groups is 1. The van der Waals surface area contributed by atoms with Crippen molar-refractivity contribution in [2.24, 2.45) is 0 Å². The van der Waals surface area contributed by atoms with Crippen LogP contribution < -0.4 is 0 Å². The quantitative estimate of drug-likeness (QED) is 0.211. The first-order chi connectivity index (χ1) is 13.1. The average Bonchev–Trinajstić information content (AvgIpc) is 3.27. The van der Waals surface area contributed by atoms with E-state index < -0.39 is 4.92 Å². The number of hydrogen-bond donors (Lipinski definition) is 0. The van der Waals surface area contributed by atoms with Crippen molar-refractivity contribution in [3.63, 3.8) is 0 Å². The van der Waals surface area contributed by atoms with Crippen molar-refractivity contribution in [1.29, 1.82) is 0 Å². The highest BCUT2D eigenvalue weighted by atomic mass is 32.2. The van der Waals surface area contributed by atoms with E-state index in [0.717, 1.165) is 5.56 Å². The van der Waals surface area contributed by atoms with Crippen LogP contribution in [0.2, 0.25) is 0 Å². The Labute approximate surface area is 161 Å². The SMILES string of the molecule is O=C(CSc1nn2c(-c3ccccc3)nnc2s1)c1cccc([N+](=O)[O-])c1. The summed E-state index contributed by atoms with van der Waals surface area (Å²) in [6.07, 6.45) is 0. The molecule has 0 unspecified atom stereocenters. The molecule has 0 aliphatic heterocycles. The summed E-state index contributed by atoms with van der Waals surface area (Å²) >= 11 is 2.61. The Hall–Kier alpha value is -3.11. The van der Waals surface area contributed by atoms with Crippen molar-refractivity contribution in [2.75, 3.05) is 5.75 Å². The summed E-state index contributed by atoms with van der Waals surface area (Å²) in [7, 11) is 0. The molecule has 2 aromatic heterocycles. The highest BCUT2D eigenvalue weighted by Crippen LogP contribution is 2.28. The summed E-state index contributed by atoms with van der Waals surface area (Å²) < 4.78 is 2.33. The van der Waals surface area contributed by atoms with E-state index in [1.807, 2.05) is 30.3 Å². The molecule has 0 atom stereocenters. The van der Waals surface area contributed by atoms with Crippen LogP contribution in [0, 0.1) is 10.1 Å². The highest BCUT2D eigenvalue weighted by Gasteiger charge is 2.16. The zero-order chi connectivity index (χ0) is 18.8. The maximum absolute atomic E-state index is 12.3. The van der Waals surface area contributed by atoms with E-state index in [1.54, 1.807) is 10.6 Å². The fourth-order valence-corrected chi connectivity index (χ4v) is 4.20. The van der Waals surface area contributed by atoms with Gasteiger partial charge in [0.25, 0.3) is 5.69 Å². The van der Waals surface area contributed by atoms with Gasteiger partial charge in [-0.05, 0) is 0 Å². The molecule has 0 N–H and O–H groups in total. The van der Waals surface area contributed by atoms with Crippen molar-refractivity contribution >= 4 is 39.5 Å². The number of ketones is 1. The van der Waals surface area contributed by atoms with Gasteiger partial charge in [-0.15, -0.1) is 15.3 Å². The molecule has 0 saturated heterocycles. The molecule has 0 aliphatic rings. The third-order valence-corrected chi connectivity index (χ3v) is 5.74. The van der Waals surface area contributed by atoms with Crippen LogP contribution in [0.25, 0.3) is 16.3 Å². The zero-order valence-corrected chi connectivity index (χ0v) is 15.3. The largest absolute Gasteiger partial charge is 0.293 e. The minimum Gasteiger partial charge on any atom is -0.293 e. The molecule has 0 bridgehead atoms. The third kappa shape index (κ3) is 3.57. The van der Waals surface area contributed by atoms with E-state index in [-0.39, 0.29) is 17.2 Å². The smallest absolute Gasteiger partial charge is 0.270 e. The van der Waals surface area contributed by atoms with Crippen LogP contribution in [0.5, 0.6) is 0 Å². The van der Waals surface area contributed by atoms with Gasteiger partial charge in [0.15, 0.2) is 15.9 Å². The van der Waals surface area contributed by atoms with Gasteiger partial charge in [0.2, 0.25) is 4.96 Å². The van der Waals surface area contributed by atoms with Gasteiger partial charge in [-0.2, -0.15) is 4.52 Å². The maximum Gasteiger partial charge on any atom is 0.270 e. The van der Waals surface area contributed by atoms with Gasteiger partial charge in [0.1, 0.15) is 0 Å². The van der Waals surface area contributed by atoms with Gasteiger partial charge in [-0.1, -0.05) is 65.6 Å². The van der Waals surface area contributed by atoms with Crippen LogP contribution in [0.3, 0.4) is 0 Å². The van der Waals surface area contributed by atoms with Gasteiger partial charge >= 0.3 is 0 Å². The number of nitro groups is 1. The minimum atomic E-state index is -0.516. The molecule has 0 spiro atoms. The van der Waals surface area contributed by atoms with Crippen LogP contribution in [0.15, 0.2) is 58.9 Å². The van der Waals surface area contributed by atoms with Crippen LogP contribution in [-0.2, 0) is 0 Å². The van der Waals surface area contributed by atoms with Crippen LogP contribution in [0.4, 0.5) is 5.69 Å². The standard InChI is InChI=1S/C17H11N5O3S2/c23-14(12-7-4-8-13(9-12)22(24)25)10-26-17-20-21-15(18-19-16(21)27-17)11-5-2-1-3-6-11/h1-9H,10H2. The molecule has 0 amide bonds. The number of aromatic nitrogens is 4. The molecular weight excluding hydrogens is 386 g/mol. The van der Waals surface area contributed by atoms with Crippen LogP contribution in [-0.4, -0.2) is 36.3 Å². The predicted octanol–water partition coefficient (Wildman–Crippen LogP) is 3.74. The first kappa shape index (κ1) is 17.3. The molecule has 0 fully saturated rings. The summed E-state index contributed by atoms with van der Waals surface area (Å²) in [6, 6.07) is 15.3. The van der Waals surface area contributed by atoms with Gasteiger partial charge < -0.3 is 0 Å². The molecular formula is C17H11N5O3S2. The van der Waals surface area contributed by atoms with Gasteiger partial charge in [-0.25, -0.2) is 0 Å². The Kier molecular flexibility index (Phi) is 4.65. The Morgan fingerprint density at radius 2 is 1.96 bits per heavy atom. The van der Waals surface area contributed by atoms with E-state index in [1.165, 1.54) is 41.3 Å². The first-order valence-corrected chi connectivity index (χ1v) is 9.60. The third-order valence-electron chi connectivity index (χ3n) is 3.71. The van der Waals surface area contributed by atoms with E-state index in [2.05, 4.69) is 15.3 Å². The van der Waals surface area contributed by atoms with Crippen molar-refractivity contribution in [1.82, 2.24) is 19.8 Å². The second-order valence-electron chi connectivity index (χ2n) is 5.47. The summed E-state index contributed by atoms with van der Waals surface area (Å²) in [6.45, 7) is 0. The van der Waals surface area contributed by atoms with Crippen molar-refractivity contribution in [3.05, 3.63) is 70.3 Å². The lowest BCUT2D eigenvalue weighted by molar-refractivity contribution is -0.384. The zero-order valence-electron chi connectivity index (χ0n) is 13.7. The molecule has 4 aromatic rings. The van der Waals surface area contributed by atoms with E-state index >= 15 is 0 Å². The van der Waals surface area contributed by atoms with E-state index in [4.69, 9.17) is 0 Å². The summed E-state index contributed by atoms with van der Waals surface area (Å²) in [5.41, 5.74) is 1.11. The fourth-order valence-electron chi connectivity index (χ4n) is 2.43. The highest BCUT2D eigenvalue weighted by molar-refractivity contribution is 8.01. The minimum absolute atomic E-state index is 0.0999. The van der Waals surface area contributed by atoms with Crippen LogP contribution >= 0.6 is 23.1 Å². The van der Waals surface area contributed by atoms with Crippen molar-refractivity contribution in [2.45, 2.75) is 4.34 Å². The molecule has 27 heavy (non-hydrogen) atoms. The lowest BCUT2D eigenvalue weighted by Gasteiger charge is -1.99. The molecule has 134 valence electrons. The molecule has 4 rings (SSSR count). The van der Waals surface area contributed by atoms with Crippen LogP contribution in [0.1, 0.15) is 10.4 Å². The topological polar surface area (TPSA) is 103 Å². The normalized spacial score (nSPS) is 11.0. The Morgan fingerprint density at radius 3 is 2.74 bits per heavy atom. The lowest BCUT2D eigenvalue weighted by Crippen LogP contribution is -2.03. The maximum atomic E-state index is 12.3.